The zero-order valence-corrected chi connectivity index (χ0v) is 12.0. The predicted octanol–water partition coefficient (Wildman–Crippen LogP) is 2.26. The molecule has 1 N–H and O–H groups in total. The largest absolute Gasteiger partial charge is 0.478 e. The van der Waals surface area contributed by atoms with Crippen LogP contribution in [-0.2, 0) is 15.6 Å². The van der Waals surface area contributed by atoms with Crippen LogP contribution in [0.15, 0.2) is 28.5 Å². The fraction of sp³-hybridized carbons (Fsp3) is 0.167. The molecule has 2 aromatic rings. The average molecular weight is 315 g/mol. The van der Waals surface area contributed by atoms with Gasteiger partial charge in [-0.3, -0.25) is 0 Å². The molecule has 2 rings (SSSR count). The molecule has 0 aliphatic heterocycles. The second-order valence-corrected chi connectivity index (χ2v) is 7.09. The summed E-state index contributed by atoms with van der Waals surface area (Å²) in [5.41, 5.74) is 0.0418. The van der Waals surface area contributed by atoms with E-state index in [0.29, 0.717) is 11.8 Å². The molecular weight excluding hydrogens is 305 g/mol. The van der Waals surface area contributed by atoms with Gasteiger partial charge in [0.05, 0.1) is 22.0 Å². The lowest BCUT2D eigenvalue weighted by atomic mass is 10.2. The van der Waals surface area contributed by atoms with E-state index < -0.39 is 32.3 Å². The van der Waals surface area contributed by atoms with E-state index in [1.165, 1.54) is 11.3 Å². The number of carboxylic acid groups (broad SMARTS) is 1. The molecule has 0 amide bonds. The first-order chi connectivity index (χ1) is 9.29. The minimum atomic E-state index is -3.90. The zero-order valence-electron chi connectivity index (χ0n) is 10.3. The molecule has 5 nitrogen and oxygen atoms in total. The summed E-state index contributed by atoms with van der Waals surface area (Å²) in [5.74, 6) is -2.81. The van der Waals surface area contributed by atoms with E-state index in [2.05, 4.69) is 4.98 Å². The molecule has 0 aliphatic rings. The minimum Gasteiger partial charge on any atom is -0.478 e. The summed E-state index contributed by atoms with van der Waals surface area (Å²) in [6.45, 7) is 1.74. The van der Waals surface area contributed by atoms with Crippen LogP contribution in [0.5, 0.6) is 0 Å². The van der Waals surface area contributed by atoms with E-state index in [9.17, 15) is 17.6 Å². The van der Waals surface area contributed by atoms with Gasteiger partial charge in [0.25, 0.3) is 0 Å². The van der Waals surface area contributed by atoms with Crippen LogP contribution in [-0.4, -0.2) is 24.5 Å². The Morgan fingerprint density at radius 3 is 2.65 bits per heavy atom. The first kappa shape index (κ1) is 14.6. The Bertz CT molecular complexity index is 768. The number of benzene rings is 1. The SMILES string of the molecule is Cc1nc(CS(=O)(=O)c2ccc(C(=O)O)cc2F)cs1. The quantitative estimate of drug-likeness (QED) is 0.935. The molecule has 0 saturated carbocycles. The van der Waals surface area contributed by atoms with Crippen molar-refractivity contribution in [3.63, 3.8) is 0 Å². The molecule has 0 unspecified atom stereocenters. The lowest BCUT2D eigenvalue weighted by Crippen LogP contribution is -2.09. The third-order valence-electron chi connectivity index (χ3n) is 2.52. The Labute approximate surface area is 118 Å². The maximum atomic E-state index is 13.8. The van der Waals surface area contributed by atoms with E-state index in [-0.39, 0.29) is 5.56 Å². The van der Waals surface area contributed by atoms with Gasteiger partial charge < -0.3 is 5.11 Å². The number of hydrogen-bond acceptors (Lipinski definition) is 5. The van der Waals surface area contributed by atoms with Gasteiger partial charge in [0.2, 0.25) is 0 Å². The number of aromatic carboxylic acids is 1. The number of aromatic nitrogens is 1. The highest BCUT2D eigenvalue weighted by Gasteiger charge is 2.22. The minimum absolute atomic E-state index is 0.300. The van der Waals surface area contributed by atoms with Crippen LogP contribution in [0.3, 0.4) is 0 Å². The lowest BCUT2D eigenvalue weighted by molar-refractivity contribution is 0.0696. The fourth-order valence-corrected chi connectivity index (χ4v) is 3.68. The predicted molar refractivity (Wildman–Crippen MR) is 71.1 cm³/mol. The number of nitrogens with zero attached hydrogens (tertiary/aromatic N) is 1. The molecule has 20 heavy (non-hydrogen) atoms. The molecule has 8 heteroatoms. The standard InChI is InChI=1S/C12H10FNO4S2/c1-7-14-9(5-19-7)6-20(17,18)11-3-2-8(12(15)16)4-10(11)13/h2-5H,6H2,1H3,(H,15,16). The van der Waals surface area contributed by atoms with Crippen molar-refractivity contribution < 1.29 is 22.7 Å². The van der Waals surface area contributed by atoms with Crippen molar-refractivity contribution in [2.24, 2.45) is 0 Å². The summed E-state index contributed by atoms with van der Waals surface area (Å²) in [6.07, 6.45) is 0. The highest BCUT2D eigenvalue weighted by atomic mass is 32.2. The van der Waals surface area contributed by atoms with E-state index >= 15 is 0 Å². The van der Waals surface area contributed by atoms with Crippen LogP contribution in [0.1, 0.15) is 21.1 Å². The first-order valence-corrected chi connectivity index (χ1v) is 7.99. The summed E-state index contributed by atoms with van der Waals surface area (Å²) in [5, 5.41) is 11.0. The molecule has 0 spiro atoms. The van der Waals surface area contributed by atoms with Gasteiger partial charge in [-0.1, -0.05) is 0 Å². The van der Waals surface area contributed by atoms with Crippen molar-refractivity contribution >= 4 is 27.1 Å². The monoisotopic (exact) mass is 315 g/mol. The molecule has 1 aromatic carbocycles. The number of halogens is 1. The molecule has 0 bridgehead atoms. The van der Waals surface area contributed by atoms with Gasteiger partial charge in [-0.15, -0.1) is 11.3 Å². The van der Waals surface area contributed by atoms with Gasteiger partial charge in [-0.05, 0) is 25.1 Å². The van der Waals surface area contributed by atoms with E-state index in [0.717, 1.165) is 17.1 Å². The molecule has 0 saturated heterocycles. The number of aryl methyl sites for hydroxylation is 1. The molecule has 0 atom stereocenters. The third kappa shape index (κ3) is 3.02. The van der Waals surface area contributed by atoms with Crippen LogP contribution in [0, 0.1) is 12.7 Å². The summed E-state index contributed by atoms with van der Waals surface area (Å²) >= 11 is 1.30. The highest BCUT2D eigenvalue weighted by Crippen LogP contribution is 2.21. The maximum Gasteiger partial charge on any atom is 0.335 e. The maximum absolute atomic E-state index is 13.8. The van der Waals surface area contributed by atoms with Crippen molar-refractivity contribution in [2.75, 3.05) is 0 Å². The van der Waals surface area contributed by atoms with Crippen molar-refractivity contribution in [1.82, 2.24) is 4.98 Å². The Balaban J connectivity index is 2.37. The van der Waals surface area contributed by atoms with Gasteiger partial charge in [0.15, 0.2) is 9.84 Å². The molecular formula is C12H10FNO4S2. The number of thiazole rings is 1. The molecule has 0 aliphatic carbocycles. The average Bonchev–Trinajstić information content (AvgIpc) is 2.73. The van der Waals surface area contributed by atoms with Gasteiger partial charge in [0, 0.05) is 5.38 Å². The van der Waals surface area contributed by atoms with Crippen LogP contribution < -0.4 is 0 Å². The van der Waals surface area contributed by atoms with Crippen molar-refractivity contribution in [2.45, 2.75) is 17.6 Å². The van der Waals surface area contributed by atoms with Crippen LogP contribution >= 0.6 is 11.3 Å². The second-order valence-electron chi connectivity index (χ2n) is 4.07. The summed E-state index contributed by atoms with van der Waals surface area (Å²) in [7, 11) is -3.90. The van der Waals surface area contributed by atoms with Crippen molar-refractivity contribution in [3.05, 3.63) is 45.7 Å². The molecule has 1 heterocycles. The third-order valence-corrected chi connectivity index (χ3v) is 5.02. The van der Waals surface area contributed by atoms with E-state index in [1.54, 1.807) is 12.3 Å². The molecule has 106 valence electrons. The van der Waals surface area contributed by atoms with Gasteiger partial charge in [-0.2, -0.15) is 0 Å². The Hall–Kier alpha value is -1.80. The number of carboxylic acids is 1. The summed E-state index contributed by atoms with van der Waals surface area (Å²) < 4.78 is 37.9. The van der Waals surface area contributed by atoms with E-state index in [4.69, 9.17) is 5.11 Å². The number of hydrogen-bond donors (Lipinski definition) is 1. The Kier molecular flexibility index (Phi) is 3.87. The Morgan fingerprint density at radius 1 is 1.45 bits per heavy atom. The topological polar surface area (TPSA) is 84.3 Å². The molecule has 1 aromatic heterocycles. The number of carbonyl (C=O) groups is 1. The van der Waals surface area contributed by atoms with Crippen molar-refractivity contribution in [1.29, 1.82) is 0 Å². The van der Waals surface area contributed by atoms with Crippen molar-refractivity contribution in [3.8, 4) is 0 Å². The van der Waals surface area contributed by atoms with Crippen LogP contribution in [0.25, 0.3) is 0 Å². The van der Waals surface area contributed by atoms with Gasteiger partial charge >= 0.3 is 5.97 Å². The van der Waals surface area contributed by atoms with E-state index in [1.807, 2.05) is 0 Å². The fourth-order valence-electron chi connectivity index (χ4n) is 1.63. The van der Waals surface area contributed by atoms with Crippen LogP contribution in [0.2, 0.25) is 0 Å². The zero-order chi connectivity index (χ0) is 14.9. The Morgan fingerprint density at radius 2 is 2.15 bits per heavy atom. The number of sulfone groups is 1. The lowest BCUT2D eigenvalue weighted by Gasteiger charge is -2.05. The molecule has 0 fully saturated rings. The van der Waals surface area contributed by atoms with Gasteiger partial charge in [-0.25, -0.2) is 22.6 Å². The normalized spacial score (nSPS) is 11.5. The van der Waals surface area contributed by atoms with Gasteiger partial charge in [0.1, 0.15) is 10.7 Å². The van der Waals surface area contributed by atoms with Crippen LogP contribution in [0.4, 0.5) is 4.39 Å². The number of rotatable bonds is 4. The summed E-state index contributed by atoms with van der Waals surface area (Å²) in [6, 6.07) is 2.72. The first-order valence-electron chi connectivity index (χ1n) is 5.46. The smallest absolute Gasteiger partial charge is 0.335 e. The molecule has 0 radical (unpaired) electrons. The second kappa shape index (κ2) is 5.29. The highest BCUT2D eigenvalue weighted by molar-refractivity contribution is 7.90. The summed E-state index contributed by atoms with van der Waals surface area (Å²) in [4.78, 5) is 14.2.